The summed E-state index contributed by atoms with van der Waals surface area (Å²) in [6, 6.07) is 3.46. The van der Waals surface area contributed by atoms with Crippen molar-refractivity contribution in [1.82, 2.24) is 10.1 Å². The second-order valence-corrected chi connectivity index (χ2v) is 5.83. The summed E-state index contributed by atoms with van der Waals surface area (Å²) in [5, 5.41) is 6.54. The van der Waals surface area contributed by atoms with Crippen LogP contribution in [0.15, 0.2) is 29.0 Å². The maximum atomic E-state index is 12.3. The number of aromatic nitrogens is 2. The number of nitrogens with one attached hydrogen (secondary N) is 1. The molecule has 3 N–H and O–H groups in total. The van der Waals surface area contributed by atoms with Gasteiger partial charge in [-0.05, 0) is 25.8 Å². The highest BCUT2D eigenvalue weighted by atomic mass is 16.5. The minimum atomic E-state index is -0.501. The van der Waals surface area contributed by atoms with Gasteiger partial charge in [0.2, 0.25) is 5.91 Å². The van der Waals surface area contributed by atoms with E-state index in [1.807, 2.05) is 0 Å². The van der Waals surface area contributed by atoms with E-state index in [1.54, 1.807) is 25.3 Å². The Morgan fingerprint density at radius 3 is 2.75 bits per heavy atom. The fourth-order valence-corrected chi connectivity index (χ4v) is 2.89. The first-order valence-electron chi connectivity index (χ1n) is 7.77. The maximum absolute atomic E-state index is 12.3. The lowest BCUT2D eigenvalue weighted by atomic mass is 9.95. The molecule has 0 radical (unpaired) electrons. The third kappa shape index (κ3) is 3.37. The predicted octanol–water partition coefficient (Wildman–Crippen LogP) is 1.33. The summed E-state index contributed by atoms with van der Waals surface area (Å²) < 4.78 is 4.94. The van der Waals surface area contributed by atoms with E-state index in [4.69, 9.17) is 10.3 Å². The average Bonchev–Trinajstić information content (AvgIpc) is 3.00. The van der Waals surface area contributed by atoms with Crippen LogP contribution >= 0.6 is 0 Å². The number of rotatable bonds is 4. The highest BCUT2D eigenvalue weighted by molar-refractivity contribution is 5.98. The van der Waals surface area contributed by atoms with Crippen LogP contribution in [0.3, 0.4) is 0 Å². The number of anilines is 2. The lowest BCUT2D eigenvalue weighted by molar-refractivity contribution is -0.120. The van der Waals surface area contributed by atoms with Gasteiger partial charge >= 0.3 is 0 Å². The lowest BCUT2D eigenvalue weighted by Gasteiger charge is -2.33. The molecule has 0 saturated carbocycles. The van der Waals surface area contributed by atoms with Gasteiger partial charge < -0.3 is 20.5 Å². The topological polar surface area (TPSA) is 114 Å². The number of nitrogens with two attached hydrogens (primary N) is 1. The molecule has 24 heavy (non-hydrogen) atoms. The number of hydrogen-bond acceptors (Lipinski definition) is 6. The van der Waals surface area contributed by atoms with Crippen molar-refractivity contribution in [3.63, 3.8) is 0 Å². The second-order valence-electron chi connectivity index (χ2n) is 5.83. The van der Waals surface area contributed by atoms with E-state index in [0.717, 1.165) is 5.69 Å². The third-order valence-electron chi connectivity index (χ3n) is 4.15. The van der Waals surface area contributed by atoms with Crippen LogP contribution < -0.4 is 16.0 Å². The molecule has 1 aliphatic rings. The van der Waals surface area contributed by atoms with Crippen molar-refractivity contribution in [2.24, 2.45) is 11.7 Å². The Hall–Kier alpha value is -2.90. The molecule has 1 aliphatic heterocycles. The first-order valence-corrected chi connectivity index (χ1v) is 7.77. The van der Waals surface area contributed by atoms with E-state index >= 15 is 0 Å². The quantitative estimate of drug-likeness (QED) is 0.874. The highest BCUT2D eigenvalue weighted by Gasteiger charge is 2.27. The van der Waals surface area contributed by atoms with Crippen LogP contribution in [0.1, 0.15) is 29.0 Å². The molecule has 3 rings (SSSR count). The van der Waals surface area contributed by atoms with E-state index in [-0.39, 0.29) is 11.8 Å². The van der Waals surface area contributed by atoms with Gasteiger partial charge in [-0.2, -0.15) is 0 Å². The molecule has 0 spiro atoms. The van der Waals surface area contributed by atoms with E-state index in [1.165, 1.54) is 6.20 Å². The molecule has 1 saturated heterocycles. The first kappa shape index (κ1) is 16.0. The van der Waals surface area contributed by atoms with Crippen molar-refractivity contribution in [2.75, 3.05) is 23.3 Å². The Morgan fingerprint density at radius 2 is 2.12 bits per heavy atom. The summed E-state index contributed by atoms with van der Waals surface area (Å²) in [6.07, 6.45) is 4.48. The van der Waals surface area contributed by atoms with Crippen molar-refractivity contribution in [1.29, 1.82) is 0 Å². The summed E-state index contributed by atoms with van der Waals surface area (Å²) in [5.74, 6) is 0.422. The molecule has 3 heterocycles. The van der Waals surface area contributed by atoms with Gasteiger partial charge in [0.15, 0.2) is 5.82 Å². The number of amides is 2. The lowest BCUT2D eigenvalue weighted by Crippen LogP contribution is -2.39. The molecular formula is C16H19N5O3. The van der Waals surface area contributed by atoms with Crippen LogP contribution in [0, 0.1) is 12.8 Å². The Balaban J connectivity index is 1.62. The van der Waals surface area contributed by atoms with Crippen molar-refractivity contribution < 1.29 is 14.1 Å². The van der Waals surface area contributed by atoms with E-state index in [0.29, 0.717) is 43.1 Å². The maximum Gasteiger partial charge on any atom is 0.252 e. The summed E-state index contributed by atoms with van der Waals surface area (Å²) in [4.78, 5) is 29.8. The van der Waals surface area contributed by atoms with Crippen molar-refractivity contribution in [3.8, 4) is 0 Å². The van der Waals surface area contributed by atoms with Crippen LogP contribution in [0.25, 0.3) is 0 Å². The van der Waals surface area contributed by atoms with Crippen LogP contribution in [0.2, 0.25) is 0 Å². The van der Waals surface area contributed by atoms with E-state index in [9.17, 15) is 9.59 Å². The number of pyridine rings is 1. The van der Waals surface area contributed by atoms with Gasteiger partial charge in [0.1, 0.15) is 5.76 Å². The standard InChI is InChI=1S/C16H19N5O3/c1-10-8-14(20-24-10)19-16(23)11-3-6-21(7-4-11)13-2-5-18-9-12(13)15(17)22/h2,5,8-9,11H,3-4,6-7H2,1H3,(H2,17,22)(H,19,20,23). The molecule has 2 aromatic rings. The zero-order valence-electron chi connectivity index (χ0n) is 13.4. The molecule has 126 valence electrons. The molecule has 8 heteroatoms. The fraction of sp³-hybridized carbons (Fsp3) is 0.375. The molecule has 0 aliphatic carbocycles. The number of aryl methyl sites for hydroxylation is 1. The Bertz CT molecular complexity index is 750. The number of nitrogens with zero attached hydrogens (tertiary/aromatic N) is 3. The molecule has 0 atom stereocenters. The molecular weight excluding hydrogens is 310 g/mol. The van der Waals surface area contributed by atoms with Crippen LogP contribution in [0.5, 0.6) is 0 Å². The molecule has 8 nitrogen and oxygen atoms in total. The number of piperidine rings is 1. The summed E-state index contributed by atoms with van der Waals surface area (Å²) in [6.45, 7) is 3.10. The first-order chi connectivity index (χ1) is 11.5. The zero-order valence-corrected chi connectivity index (χ0v) is 13.4. The monoisotopic (exact) mass is 329 g/mol. The zero-order chi connectivity index (χ0) is 17.1. The number of carbonyl (C=O) groups excluding carboxylic acids is 2. The predicted molar refractivity (Wildman–Crippen MR) is 87.6 cm³/mol. The number of hydrogen-bond donors (Lipinski definition) is 2. The Morgan fingerprint density at radius 1 is 1.38 bits per heavy atom. The number of primary amides is 1. The average molecular weight is 329 g/mol. The third-order valence-corrected chi connectivity index (χ3v) is 4.15. The smallest absolute Gasteiger partial charge is 0.252 e. The van der Waals surface area contributed by atoms with Gasteiger partial charge in [0, 0.05) is 37.5 Å². The summed E-state index contributed by atoms with van der Waals surface area (Å²) in [7, 11) is 0. The number of carbonyl (C=O) groups is 2. The van der Waals surface area contributed by atoms with Gasteiger partial charge in [-0.25, -0.2) is 0 Å². The second kappa shape index (κ2) is 6.69. The Kier molecular flexibility index (Phi) is 4.45. The molecule has 0 unspecified atom stereocenters. The SMILES string of the molecule is Cc1cc(NC(=O)C2CCN(c3ccncc3C(N)=O)CC2)no1. The van der Waals surface area contributed by atoms with Gasteiger partial charge in [0.05, 0.1) is 11.3 Å². The largest absolute Gasteiger partial charge is 0.371 e. The minimum absolute atomic E-state index is 0.0622. The van der Waals surface area contributed by atoms with Gasteiger partial charge in [-0.3, -0.25) is 14.6 Å². The van der Waals surface area contributed by atoms with Gasteiger partial charge in [-0.1, -0.05) is 5.16 Å². The van der Waals surface area contributed by atoms with Crippen LogP contribution in [0.4, 0.5) is 11.5 Å². The normalized spacial score (nSPS) is 15.3. The van der Waals surface area contributed by atoms with Crippen molar-refractivity contribution in [2.45, 2.75) is 19.8 Å². The van der Waals surface area contributed by atoms with Gasteiger partial charge in [0.25, 0.3) is 5.91 Å². The minimum Gasteiger partial charge on any atom is -0.371 e. The van der Waals surface area contributed by atoms with Crippen LogP contribution in [-0.2, 0) is 4.79 Å². The van der Waals surface area contributed by atoms with Crippen molar-refractivity contribution >= 4 is 23.3 Å². The van der Waals surface area contributed by atoms with E-state index in [2.05, 4.69) is 20.4 Å². The van der Waals surface area contributed by atoms with Crippen LogP contribution in [-0.4, -0.2) is 35.0 Å². The van der Waals surface area contributed by atoms with Crippen molar-refractivity contribution in [3.05, 3.63) is 35.9 Å². The molecule has 2 aromatic heterocycles. The molecule has 0 bridgehead atoms. The van der Waals surface area contributed by atoms with Gasteiger partial charge in [-0.15, -0.1) is 0 Å². The highest BCUT2D eigenvalue weighted by Crippen LogP contribution is 2.26. The van der Waals surface area contributed by atoms with E-state index < -0.39 is 5.91 Å². The molecule has 0 aromatic carbocycles. The molecule has 1 fully saturated rings. The fourth-order valence-electron chi connectivity index (χ4n) is 2.89. The summed E-state index contributed by atoms with van der Waals surface area (Å²) >= 11 is 0. The molecule has 2 amide bonds. The Labute approximate surface area is 139 Å². The summed E-state index contributed by atoms with van der Waals surface area (Å²) in [5.41, 5.74) is 6.57.